The van der Waals surface area contributed by atoms with Gasteiger partial charge in [0.2, 0.25) is 0 Å². The highest BCUT2D eigenvalue weighted by Crippen LogP contribution is 2.41. The summed E-state index contributed by atoms with van der Waals surface area (Å²) in [6, 6.07) is 2.24. The minimum atomic E-state index is -2.90. The van der Waals surface area contributed by atoms with E-state index in [0.717, 1.165) is 31.4 Å². The van der Waals surface area contributed by atoms with Gasteiger partial charge in [0.15, 0.2) is 9.84 Å². The molecule has 0 radical (unpaired) electrons. The van der Waals surface area contributed by atoms with Gasteiger partial charge in [0, 0.05) is 24.0 Å². The van der Waals surface area contributed by atoms with Crippen LogP contribution in [-0.4, -0.2) is 24.0 Å². The van der Waals surface area contributed by atoms with Gasteiger partial charge in [-0.05, 0) is 49.7 Å². The van der Waals surface area contributed by atoms with Crippen LogP contribution in [0.15, 0.2) is 6.07 Å². The standard InChI is InChI=1S/C16H26N2O2S/c1-11-7-13-14(17)8-16(2,3)9-15(13)18(11)10-12-5-4-6-21(12,19)20/h7,12,14H,4-6,8-10,17H2,1-3H3. The molecule has 0 saturated carbocycles. The maximum Gasteiger partial charge on any atom is 0.154 e. The quantitative estimate of drug-likeness (QED) is 0.912. The number of fused-ring (bicyclic) bond motifs is 1. The molecule has 118 valence electrons. The Bertz CT molecular complexity index is 658. The summed E-state index contributed by atoms with van der Waals surface area (Å²) in [5, 5.41) is -0.214. The number of rotatable bonds is 2. The van der Waals surface area contributed by atoms with E-state index in [0.29, 0.717) is 12.3 Å². The van der Waals surface area contributed by atoms with E-state index in [1.54, 1.807) is 0 Å². The number of aromatic nitrogens is 1. The number of aryl methyl sites for hydroxylation is 1. The van der Waals surface area contributed by atoms with Crippen molar-refractivity contribution < 1.29 is 8.42 Å². The topological polar surface area (TPSA) is 65.1 Å². The zero-order valence-corrected chi connectivity index (χ0v) is 14.0. The number of hydrogen-bond acceptors (Lipinski definition) is 3. The molecule has 0 spiro atoms. The molecule has 1 fully saturated rings. The monoisotopic (exact) mass is 310 g/mol. The van der Waals surface area contributed by atoms with Crippen molar-refractivity contribution in [2.75, 3.05) is 5.75 Å². The van der Waals surface area contributed by atoms with E-state index in [-0.39, 0.29) is 16.7 Å². The predicted molar refractivity (Wildman–Crippen MR) is 85.0 cm³/mol. The van der Waals surface area contributed by atoms with Gasteiger partial charge in [-0.3, -0.25) is 0 Å². The van der Waals surface area contributed by atoms with Crippen LogP contribution in [0.5, 0.6) is 0 Å². The summed E-state index contributed by atoms with van der Waals surface area (Å²) in [7, 11) is -2.90. The van der Waals surface area contributed by atoms with E-state index in [1.165, 1.54) is 11.3 Å². The first-order valence-electron chi connectivity index (χ1n) is 7.86. The van der Waals surface area contributed by atoms with Gasteiger partial charge in [-0.1, -0.05) is 13.8 Å². The van der Waals surface area contributed by atoms with E-state index in [9.17, 15) is 8.42 Å². The lowest BCUT2D eigenvalue weighted by atomic mass is 9.74. The van der Waals surface area contributed by atoms with Crippen LogP contribution in [0.2, 0.25) is 0 Å². The molecular formula is C16H26N2O2S. The third-order valence-electron chi connectivity index (χ3n) is 5.12. The third-order valence-corrected chi connectivity index (χ3v) is 7.37. The second-order valence-corrected chi connectivity index (χ2v) is 9.98. The van der Waals surface area contributed by atoms with E-state index in [4.69, 9.17) is 5.73 Å². The molecule has 1 aliphatic heterocycles. The highest BCUT2D eigenvalue weighted by atomic mass is 32.2. The van der Waals surface area contributed by atoms with Gasteiger partial charge in [0.05, 0.1) is 11.0 Å². The van der Waals surface area contributed by atoms with Crippen LogP contribution in [-0.2, 0) is 22.8 Å². The Morgan fingerprint density at radius 2 is 2.14 bits per heavy atom. The molecule has 0 amide bonds. The van der Waals surface area contributed by atoms with Crippen molar-refractivity contribution in [2.24, 2.45) is 11.1 Å². The molecule has 0 aromatic carbocycles. The molecule has 21 heavy (non-hydrogen) atoms. The average Bonchev–Trinajstić information content (AvgIpc) is 2.82. The van der Waals surface area contributed by atoms with Gasteiger partial charge in [0.25, 0.3) is 0 Å². The summed E-state index contributed by atoms with van der Waals surface area (Å²) in [6.45, 7) is 7.16. The Morgan fingerprint density at radius 1 is 1.43 bits per heavy atom. The molecule has 4 nitrogen and oxygen atoms in total. The van der Waals surface area contributed by atoms with Crippen molar-refractivity contribution in [3.05, 3.63) is 23.0 Å². The SMILES string of the molecule is Cc1cc2c(n1CC1CCCS1(=O)=O)CC(C)(C)CC2N. The molecule has 0 bridgehead atoms. The van der Waals surface area contributed by atoms with Gasteiger partial charge in [-0.2, -0.15) is 0 Å². The molecule has 5 heteroatoms. The van der Waals surface area contributed by atoms with Crippen molar-refractivity contribution in [3.63, 3.8) is 0 Å². The first kappa shape index (κ1) is 15.1. The normalized spacial score (nSPS) is 30.3. The summed E-state index contributed by atoms with van der Waals surface area (Å²) in [5.41, 5.74) is 10.2. The summed E-state index contributed by atoms with van der Waals surface area (Å²) >= 11 is 0. The Balaban J connectivity index is 1.97. The maximum absolute atomic E-state index is 12.1. The summed E-state index contributed by atoms with van der Waals surface area (Å²) < 4.78 is 26.5. The predicted octanol–water partition coefficient (Wildman–Crippen LogP) is 2.35. The Morgan fingerprint density at radius 3 is 2.76 bits per heavy atom. The number of sulfone groups is 1. The van der Waals surface area contributed by atoms with Gasteiger partial charge < -0.3 is 10.3 Å². The second kappa shape index (κ2) is 4.85. The van der Waals surface area contributed by atoms with Gasteiger partial charge in [-0.15, -0.1) is 0 Å². The molecule has 1 aliphatic carbocycles. The Kier molecular flexibility index (Phi) is 3.49. The molecule has 2 aliphatic rings. The van der Waals surface area contributed by atoms with Crippen molar-refractivity contribution >= 4 is 9.84 Å². The molecule has 2 unspecified atom stereocenters. The molecule has 3 rings (SSSR count). The van der Waals surface area contributed by atoms with Crippen LogP contribution in [0.25, 0.3) is 0 Å². The fraction of sp³-hybridized carbons (Fsp3) is 0.750. The van der Waals surface area contributed by atoms with Crippen LogP contribution in [0.4, 0.5) is 0 Å². The molecule has 2 heterocycles. The highest BCUT2D eigenvalue weighted by molar-refractivity contribution is 7.92. The molecule has 2 atom stereocenters. The van der Waals surface area contributed by atoms with Crippen LogP contribution in [0.3, 0.4) is 0 Å². The summed E-state index contributed by atoms with van der Waals surface area (Å²) in [5.74, 6) is 0.352. The number of hydrogen-bond donors (Lipinski definition) is 1. The van der Waals surface area contributed by atoms with Crippen LogP contribution < -0.4 is 5.73 Å². The van der Waals surface area contributed by atoms with Gasteiger partial charge >= 0.3 is 0 Å². The maximum atomic E-state index is 12.1. The van der Waals surface area contributed by atoms with E-state index in [1.807, 2.05) is 0 Å². The van der Waals surface area contributed by atoms with Gasteiger partial charge in [0.1, 0.15) is 0 Å². The molecule has 2 N–H and O–H groups in total. The first-order valence-corrected chi connectivity index (χ1v) is 9.57. The number of nitrogens with two attached hydrogens (primary N) is 1. The lowest BCUT2D eigenvalue weighted by Gasteiger charge is -2.35. The first-order chi connectivity index (χ1) is 9.70. The smallest absolute Gasteiger partial charge is 0.154 e. The van der Waals surface area contributed by atoms with Crippen LogP contribution >= 0.6 is 0 Å². The lowest BCUT2D eigenvalue weighted by molar-refractivity contribution is 0.274. The van der Waals surface area contributed by atoms with Crippen molar-refractivity contribution in [3.8, 4) is 0 Å². The zero-order chi connectivity index (χ0) is 15.4. The molecule has 1 aromatic heterocycles. The fourth-order valence-electron chi connectivity index (χ4n) is 4.03. The summed E-state index contributed by atoms with van der Waals surface area (Å²) in [4.78, 5) is 0. The average molecular weight is 310 g/mol. The molecular weight excluding hydrogens is 284 g/mol. The largest absolute Gasteiger partial charge is 0.347 e. The zero-order valence-electron chi connectivity index (χ0n) is 13.2. The molecule has 1 saturated heterocycles. The molecule has 1 aromatic rings. The van der Waals surface area contributed by atoms with Crippen molar-refractivity contribution in [1.82, 2.24) is 4.57 Å². The third kappa shape index (κ3) is 2.66. The Labute approximate surface area is 127 Å². The minimum Gasteiger partial charge on any atom is -0.347 e. The highest BCUT2D eigenvalue weighted by Gasteiger charge is 2.36. The van der Waals surface area contributed by atoms with E-state index >= 15 is 0 Å². The fourth-order valence-corrected chi connectivity index (χ4v) is 5.83. The van der Waals surface area contributed by atoms with E-state index < -0.39 is 9.84 Å². The Hall–Kier alpha value is -0.810. The van der Waals surface area contributed by atoms with Crippen LogP contribution in [0, 0.1) is 12.3 Å². The second-order valence-electron chi connectivity index (χ2n) is 7.58. The van der Waals surface area contributed by atoms with Crippen molar-refractivity contribution in [1.29, 1.82) is 0 Å². The lowest BCUT2D eigenvalue weighted by Crippen LogP contribution is -2.32. The van der Waals surface area contributed by atoms with Crippen LogP contribution in [0.1, 0.15) is 56.1 Å². The van der Waals surface area contributed by atoms with E-state index in [2.05, 4.69) is 31.4 Å². The number of nitrogens with zero attached hydrogens (tertiary/aromatic N) is 1. The summed E-state index contributed by atoms with van der Waals surface area (Å²) in [6.07, 6.45) is 3.58. The van der Waals surface area contributed by atoms with Crippen molar-refractivity contribution in [2.45, 2.75) is 64.3 Å². The van der Waals surface area contributed by atoms with Gasteiger partial charge in [-0.25, -0.2) is 8.42 Å². The minimum absolute atomic E-state index is 0.0730.